The van der Waals surface area contributed by atoms with Crippen LogP contribution in [0.2, 0.25) is 0 Å². The van der Waals surface area contributed by atoms with Gasteiger partial charge in [-0.1, -0.05) is 30.3 Å². The first-order chi connectivity index (χ1) is 14.5. The highest BCUT2D eigenvalue weighted by atomic mass is 16.5. The number of rotatable bonds is 7. The van der Waals surface area contributed by atoms with Gasteiger partial charge in [0.1, 0.15) is 17.3 Å². The van der Waals surface area contributed by atoms with E-state index in [0.29, 0.717) is 17.4 Å². The normalized spacial score (nSPS) is 11.2. The molecule has 0 spiro atoms. The molecule has 0 atom stereocenters. The third-order valence-electron chi connectivity index (χ3n) is 4.67. The molecule has 8 heteroatoms. The monoisotopic (exact) mass is 403 g/mol. The number of hydrogen-bond donors (Lipinski definition) is 2. The van der Waals surface area contributed by atoms with Crippen molar-refractivity contribution in [3.8, 4) is 22.8 Å². The molecule has 0 fully saturated rings. The van der Waals surface area contributed by atoms with Gasteiger partial charge in [-0.3, -0.25) is 4.68 Å². The molecule has 0 aliphatic rings. The van der Waals surface area contributed by atoms with Crippen molar-refractivity contribution >= 4 is 22.8 Å². The van der Waals surface area contributed by atoms with Crippen molar-refractivity contribution in [2.45, 2.75) is 0 Å². The Hall–Kier alpha value is -3.65. The van der Waals surface area contributed by atoms with Crippen LogP contribution in [0.25, 0.3) is 22.3 Å². The first-order valence-corrected chi connectivity index (χ1v) is 9.73. The first-order valence-electron chi connectivity index (χ1n) is 9.73. The zero-order valence-electron chi connectivity index (χ0n) is 17.3. The highest BCUT2D eigenvalue weighted by Gasteiger charge is 2.17. The number of aromatic nitrogens is 4. The van der Waals surface area contributed by atoms with E-state index in [1.165, 1.54) is 0 Å². The number of ether oxygens (including phenoxy) is 1. The molecule has 0 amide bonds. The van der Waals surface area contributed by atoms with Gasteiger partial charge in [-0.05, 0) is 38.4 Å². The van der Waals surface area contributed by atoms with Gasteiger partial charge >= 0.3 is 0 Å². The van der Waals surface area contributed by atoms with E-state index < -0.39 is 0 Å². The molecule has 2 aromatic heterocycles. The summed E-state index contributed by atoms with van der Waals surface area (Å²) in [7, 11) is 5.85. The van der Waals surface area contributed by atoms with Crippen LogP contribution in [-0.2, 0) is 7.05 Å². The van der Waals surface area contributed by atoms with Gasteiger partial charge in [-0.25, -0.2) is 4.98 Å². The van der Waals surface area contributed by atoms with Crippen LogP contribution in [0.3, 0.4) is 0 Å². The minimum atomic E-state index is 0.520. The summed E-state index contributed by atoms with van der Waals surface area (Å²) in [5.41, 5.74) is 8.45. The van der Waals surface area contributed by atoms with Crippen molar-refractivity contribution in [3.05, 3.63) is 54.6 Å². The largest absolute Gasteiger partial charge is 0.457 e. The number of likely N-dealkylation sites (N-methyl/N-ethyl adjacent to an activating group) is 1. The van der Waals surface area contributed by atoms with E-state index in [-0.39, 0.29) is 0 Å². The van der Waals surface area contributed by atoms with Crippen LogP contribution in [0.1, 0.15) is 0 Å². The van der Waals surface area contributed by atoms with E-state index in [1.807, 2.05) is 68.7 Å². The maximum atomic E-state index is 6.29. The number of fused-ring (bicyclic) bond motifs is 1. The predicted octanol–water partition coefficient (Wildman–Crippen LogP) is 3.38. The second-order valence-electron chi connectivity index (χ2n) is 7.28. The lowest BCUT2D eigenvalue weighted by Gasteiger charge is -2.12. The van der Waals surface area contributed by atoms with Crippen molar-refractivity contribution in [1.29, 1.82) is 0 Å². The quantitative estimate of drug-likeness (QED) is 0.488. The zero-order valence-corrected chi connectivity index (χ0v) is 17.3. The lowest BCUT2D eigenvalue weighted by atomic mass is 10.1. The van der Waals surface area contributed by atoms with E-state index in [1.54, 1.807) is 11.7 Å². The van der Waals surface area contributed by atoms with Gasteiger partial charge < -0.3 is 20.7 Å². The molecule has 8 nitrogen and oxygen atoms in total. The van der Waals surface area contributed by atoms with E-state index in [2.05, 4.69) is 20.3 Å². The molecule has 0 saturated carbocycles. The van der Waals surface area contributed by atoms with Gasteiger partial charge in [0.05, 0.1) is 11.1 Å². The summed E-state index contributed by atoms with van der Waals surface area (Å²) in [6.07, 6.45) is 0. The number of nitrogens with one attached hydrogen (secondary N) is 1. The van der Waals surface area contributed by atoms with Crippen molar-refractivity contribution in [2.75, 3.05) is 38.2 Å². The molecule has 30 heavy (non-hydrogen) atoms. The number of benzene rings is 2. The Kier molecular flexibility index (Phi) is 5.49. The van der Waals surface area contributed by atoms with Gasteiger partial charge in [-0.15, -0.1) is 0 Å². The predicted molar refractivity (Wildman–Crippen MR) is 120 cm³/mol. The smallest absolute Gasteiger partial charge is 0.225 e. The standard InChI is InChI=1S/C22H25N7O/c1-28(2)13-12-24-22-25-19(18-20(23)29(3)27-21(18)26-22)15-8-7-11-17(14-15)30-16-9-5-4-6-10-16/h4-11,14H,12-13,23H2,1-3H3,(H,24,26,27). The van der Waals surface area contributed by atoms with Crippen LogP contribution in [0, 0.1) is 0 Å². The highest BCUT2D eigenvalue weighted by Crippen LogP contribution is 2.33. The van der Waals surface area contributed by atoms with Gasteiger partial charge in [0.25, 0.3) is 0 Å². The first kappa shape index (κ1) is 19.7. The number of nitrogens with zero attached hydrogens (tertiary/aromatic N) is 5. The van der Waals surface area contributed by atoms with Crippen LogP contribution < -0.4 is 15.8 Å². The molecule has 154 valence electrons. The van der Waals surface area contributed by atoms with E-state index in [0.717, 1.165) is 41.2 Å². The molecule has 0 radical (unpaired) electrons. The Labute approximate surface area is 175 Å². The van der Waals surface area contributed by atoms with Crippen molar-refractivity contribution in [3.63, 3.8) is 0 Å². The van der Waals surface area contributed by atoms with Crippen molar-refractivity contribution in [2.24, 2.45) is 7.05 Å². The molecule has 3 N–H and O–H groups in total. The fourth-order valence-corrected chi connectivity index (χ4v) is 3.13. The SMILES string of the molecule is CN(C)CCNc1nc(-c2cccc(Oc3ccccc3)c2)c2c(N)n(C)nc2n1. The third kappa shape index (κ3) is 4.18. The number of para-hydroxylation sites is 1. The summed E-state index contributed by atoms with van der Waals surface area (Å²) < 4.78 is 7.61. The molecule has 4 aromatic rings. The summed E-state index contributed by atoms with van der Waals surface area (Å²) in [5.74, 6) is 2.53. The maximum Gasteiger partial charge on any atom is 0.225 e. The number of hydrogen-bond acceptors (Lipinski definition) is 7. The third-order valence-corrected chi connectivity index (χ3v) is 4.67. The molecular formula is C22H25N7O. The van der Waals surface area contributed by atoms with Gasteiger partial charge in [0, 0.05) is 25.7 Å². The summed E-state index contributed by atoms with van der Waals surface area (Å²) in [4.78, 5) is 11.4. The van der Waals surface area contributed by atoms with E-state index in [4.69, 9.17) is 15.5 Å². The Balaban J connectivity index is 1.74. The number of nitrogen functional groups attached to an aromatic ring is 1. The molecule has 0 unspecified atom stereocenters. The highest BCUT2D eigenvalue weighted by molar-refractivity contribution is 5.99. The lowest BCUT2D eigenvalue weighted by Crippen LogP contribution is -2.21. The molecule has 0 bridgehead atoms. The van der Waals surface area contributed by atoms with E-state index >= 15 is 0 Å². The van der Waals surface area contributed by atoms with Crippen LogP contribution in [0.4, 0.5) is 11.8 Å². The minimum Gasteiger partial charge on any atom is -0.457 e. The summed E-state index contributed by atoms with van der Waals surface area (Å²) in [5, 5.41) is 8.46. The Morgan fingerprint density at radius 2 is 1.80 bits per heavy atom. The average Bonchev–Trinajstić information content (AvgIpc) is 3.02. The van der Waals surface area contributed by atoms with Crippen LogP contribution in [-0.4, -0.2) is 51.8 Å². The molecule has 2 heterocycles. The van der Waals surface area contributed by atoms with Crippen LogP contribution in [0.5, 0.6) is 11.5 Å². The molecule has 4 rings (SSSR count). The molecule has 0 saturated heterocycles. The molecular weight excluding hydrogens is 378 g/mol. The number of anilines is 2. The number of aryl methyl sites for hydroxylation is 1. The maximum absolute atomic E-state index is 6.29. The zero-order chi connectivity index (χ0) is 21.1. The lowest BCUT2D eigenvalue weighted by molar-refractivity contribution is 0.425. The summed E-state index contributed by atoms with van der Waals surface area (Å²) in [6.45, 7) is 1.58. The molecule has 0 aliphatic heterocycles. The van der Waals surface area contributed by atoms with Gasteiger partial charge in [0.15, 0.2) is 5.65 Å². The summed E-state index contributed by atoms with van der Waals surface area (Å²) in [6, 6.07) is 17.5. The fraction of sp³-hybridized carbons (Fsp3) is 0.227. The summed E-state index contributed by atoms with van der Waals surface area (Å²) >= 11 is 0. The Bertz CT molecular complexity index is 1160. The number of nitrogens with two attached hydrogens (primary N) is 1. The van der Waals surface area contributed by atoms with Gasteiger partial charge in [0.2, 0.25) is 5.95 Å². The van der Waals surface area contributed by atoms with Crippen LogP contribution >= 0.6 is 0 Å². The van der Waals surface area contributed by atoms with Crippen LogP contribution in [0.15, 0.2) is 54.6 Å². The Morgan fingerprint density at radius 3 is 2.57 bits per heavy atom. The Morgan fingerprint density at radius 1 is 1.03 bits per heavy atom. The van der Waals surface area contributed by atoms with Gasteiger partial charge in [-0.2, -0.15) is 10.1 Å². The van der Waals surface area contributed by atoms with Crippen molar-refractivity contribution in [1.82, 2.24) is 24.6 Å². The van der Waals surface area contributed by atoms with Crippen molar-refractivity contribution < 1.29 is 4.74 Å². The fourth-order valence-electron chi connectivity index (χ4n) is 3.13. The molecule has 2 aromatic carbocycles. The second kappa shape index (κ2) is 8.38. The second-order valence-corrected chi connectivity index (χ2v) is 7.28. The minimum absolute atomic E-state index is 0.520. The molecule has 0 aliphatic carbocycles. The average molecular weight is 403 g/mol. The topological polar surface area (TPSA) is 94.1 Å². The van der Waals surface area contributed by atoms with E-state index in [9.17, 15) is 0 Å².